The van der Waals surface area contributed by atoms with E-state index in [2.05, 4.69) is 11.0 Å². The van der Waals surface area contributed by atoms with Crippen LogP contribution in [0.2, 0.25) is 0 Å². The van der Waals surface area contributed by atoms with E-state index in [4.69, 9.17) is 0 Å². The summed E-state index contributed by atoms with van der Waals surface area (Å²) in [7, 11) is -3.49. The second-order valence-electron chi connectivity index (χ2n) is 4.90. The molecule has 0 saturated carbocycles. The lowest BCUT2D eigenvalue weighted by Crippen LogP contribution is -2.26. The fourth-order valence-corrected chi connectivity index (χ4v) is 4.00. The average molecular weight is 332 g/mol. The molecule has 0 bridgehead atoms. The Morgan fingerprint density at radius 1 is 1.24 bits per heavy atom. The fourth-order valence-electron chi connectivity index (χ4n) is 2.07. The van der Waals surface area contributed by atoms with E-state index >= 15 is 0 Å². The molecule has 0 aliphatic carbocycles. The van der Waals surface area contributed by atoms with E-state index in [0.29, 0.717) is 23.4 Å². The molecule has 0 atom stereocenters. The largest absolute Gasteiger partial charge is 0.392 e. The van der Waals surface area contributed by atoms with Gasteiger partial charge in [-0.3, -0.25) is 0 Å². The molecule has 1 rings (SSSR count). The van der Waals surface area contributed by atoms with Gasteiger partial charge in [0, 0.05) is 6.54 Å². The van der Waals surface area contributed by atoms with Gasteiger partial charge in [0.2, 0.25) is 10.0 Å². The van der Waals surface area contributed by atoms with E-state index in [0.717, 1.165) is 30.6 Å². The molecule has 6 heteroatoms. The van der Waals surface area contributed by atoms with E-state index < -0.39 is 10.0 Å². The third kappa shape index (κ3) is 5.98. The lowest BCUT2D eigenvalue weighted by molar-refractivity contribution is 0.281. The quantitative estimate of drug-likeness (QED) is 0.647. The predicted octanol–water partition coefficient (Wildman–Crippen LogP) is 2.55. The zero-order chi connectivity index (χ0) is 15.7. The van der Waals surface area contributed by atoms with Gasteiger partial charge in [-0.1, -0.05) is 25.5 Å². The number of unbranched alkanes of at least 4 members (excludes halogenated alkanes) is 2. The van der Waals surface area contributed by atoms with Crippen LogP contribution in [0.4, 0.5) is 0 Å². The lowest BCUT2D eigenvalue weighted by atomic mass is 10.1. The standard InChI is InChI=1S/C15H25NO3S2/c1-3-14-8-7-13(12-17)11-15(14)21(18,19)16-9-5-4-6-10-20-2/h7-8,11,16-17H,3-6,9-10,12H2,1-2H3. The maximum atomic E-state index is 12.4. The summed E-state index contributed by atoms with van der Waals surface area (Å²) in [6, 6.07) is 5.10. The molecule has 0 amide bonds. The summed E-state index contributed by atoms with van der Waals surface area (Å²) < 4.78 is 27.4. The summed E-state index contributed by atoms with van der Waals surface area (Å²) in [5.41, 5.74) is 1.40. The minimum absolute atomic E-state index is 0.152. The molecule has 0 unspecified atom stereocenters. The van der Waals surface area contributed by atoms with Gasteiger partial charge in [-0.05, 0) is 48.5 Å². The first-order chi connectivity index (χ1) is 10.0. The molecule has 1 aromatic carbocycles. The van der Waals surface area contributed by atoms with Crippen LogP contribution < -0.4 is 4.72 Å². The maximum Gasteiger partial charge on any atom is 0.240 e. The highest BCUT2D eigenvalue weighted by Gasteiger charge is 2.17. The smallest absolute Gasteiger partial charge is 0.240 e. The Kier molecular flexibility index (Phi) is 8.33. The van der Waals surface area contributed by atoms with Crippen LogP contribution in [-0.2, 0) is 23.1 Å². The number of benzene rings is 1. The second-order valence-corrected chi connectivity index (χ2v) is 7.63. The molecule has 0 aliphatic rings. The molecule has 0 aromatic heterocycles. The van der Waals surface area contributed by atoms with Crippen molar-refractivity contribution in [2.45, 2.75) is 44.1 Å². The summed E-state index contributed by atoms with van der Waals surface area (Å²) in [4.78, 5) is 0.292. The van der Waals surface area contributed by atoms with E-state index in [1.807, 2.05) is 18.7 Å². The van der Waals surface area contributed by atoms with Crippen LogP contribution in [-0.4, -0.2) is 32.1 Å². The number of nitrogens with one attached hydrogen (secondary N) is 1. The summed E-state index contributed by atoms with van der Waals surface area (Å²) >= 11 is 1.81. The first kappa shape index (κ1) is 18.5. The Labute approximate surface area is 132 Å². The van der Waals surface area contributed by atoms with Gasteiger partial charge in [0.1, 0.15) is 0 Å². The highest BCUT2D eigenvalue weighted by Crippen LogP contribution is 2.18. The van der Waals surface area contributed by atoms with E-state index in [1.165, 1.54) is 0 Å². The molecule has 0 spiro atoms. The number of rotatable bonds is 10. The number of aryl methyl sites for hydroxylation is 1. The summed E-state index contributed by atoms with van der Waals surface area (Å²) in [5, 5.41) is 9.17. The second kappa shape index (κ2) is 9.46. The van der Waals surface area contributed by atoms with Gasteiger partial charge in [-0.25, -0.2) is 13.1 Å². The van der Waals surface area contributed by atoms with Crippen molar-refractivity contribution in [1.29, 1.82) is 0 Å². The topological polar surface area (TPSA) is 66.4 Å². The van der Waals surface area contributed by atoms with E-state index in [9.17, 15) is 13.5 Å². The van der Waals surface area contributed by atoms with Gasteiger partial charge in [0.15, 0.2) is 0 Å². The third-order valence-corrected chi connectivity index (χ3v) is 5.54. The van der Waals surface area contributed by atoms with Crippen molar-refractivity contribution in [3.8, 4) is 0 Å². The minimum Gasteiger partial charge on any atom is -0.392 e. The molecule has 0 saturated heterocycles. The molecule has 0 fully saturated rings. The van der Waals surface area contributed by atoms with Gasteiger partial charge in [0.05, 0.1) is 11.5 Å². The van der Waals surface area contributed by atoms with Crippen LogP contribution in [0.1, 0.15) is 37.3 Å². The van der Waals surface area contributed by atoms with Gasteiger partial charge < -0.3 is 5.11 Å². The average Bonchev–Trinajstić information content (AvgIpc) is 2.50. The Balaban J connectivity index is 2.69. The monoisotopic (exact) mass is 331 g/mol. The van der Waals surface area contributed by atoms with E-state index in [-0.39, 0.29) is 6.61 Å². The summed E-state index contributed by atoms with van der Waals surface area (Å²) in [5.74, 6) is 1.12. The molecule has 0 radical (unpaired) electrons. The zero-order valence-corrected chi connectivity index (χ0v) is 14.4. The molecular weight excluding hydrogens is 306 g/mol. The third-order valence-electron chi connectivity index (χ3n) is 3.30. The van der Waals surface area contributed by atoms with Crippen molar-refractivity contribution in [1.82, 2.24) is 4.72 Å². The maximum absolute atomic E-state index is 12.4. The molecular formula is C15H25NO3S2. The normalized spacial score (nSPS) is 11.8. The Morgan fingerprint density at radius 3 is 2.62 bits per heavy atom. The predicted molar refractivity (Wildman–Crippen MR) is 89.2 cm³/mol. The fraction of sp³-hybridized carbons (Fsp3) is 0.600. The van der Waals surface area contributed by atoms with Crippen molar-refractivity contribution in [3.63, 3.8) is 0 Å². The molecule has 1 aromatic rings. The van der Waals surface area contributed by atoms with Crippen molar-refractivity contribution in [3.05, 3.63) is 29.3 Å². The SMILES string of the molecule is CCc1ccc(CO)cc1S(=O)(=O)NCCCCCSC. The molecule has 2 N–H and O–H groups in total. The molecule has 0 heterocycles. The van der Waals surface area contributed by atoms with Crippen LogP contribution in [0.3, 0.4) is 0 Å². The molecule has 4 nitrogen and oxygen atoms in total. The summed E-state index contributed by atoms with van der Waals surface area (Å²) in [6.45, 7) is 2.24. The van der Waals surface area contributed by atoms with Gasteiger partial charge in [-0.15, -0.1) is 0 Å². The van der Waals surface area contributed by atoms with Crippen LogP contribution in [0.25, 0.3) is 0 Å². The van der Waals surface area contributed by atoms with Gasteiger partial charge in [-0.2, -0.15) is 11.8 Å². The lowest BCUT2D eigenvalue weighted by Gasteiger charge is -2.12. The molecule has 0 aliphatic heterocycles. The van der Waals surface area contributed by atoms with Crippen LogP contribution in [0.15, 0.2) is 23.1 Å². The first-order valence-electron chi connectivity index (χ1n) is 7.26. The number of hydrogen-bond acceptors (Lipinski definition) is 4. The Hall–Kier alpha value is -0.560. The van der Waals surface area contributed by atoms with Gasteiger partial charge in [0.25, 0.3) is 0 Å². The number of aliphatic hydroxyl groups excluding tert-OH is 1. The Morgan fingerprint density at radius 2 is 2.00 bits per heavy atom. The number of sulfonamides is 1. The Bertz CT molecular complexity index is 530. The molecule has 120 valence electrons. The van der Waals surface area contributed by atoms with Crippen LogP contribution in [0, 0.1) is 0 Å². The highest BCUT2D eigenvalue weighted by atomic mass is 32.2. The van der Waals surface area contributed by atoms with Crippen molar-refractivity contribution < 1.29 is 13.5 Å². The number of aliphatic hydroxyl groups is 1. The van der Waals surface area contributed by atoms with Crippen molar-refractivity contribution >= 4 is 21.8 Å². The van der Waals surface area contributed by atoms with Gasteiger partial charge >= 0.3 is 0 Å². The van der Waals surface area contributed by atoms with Crippen molar-refractivity contribution in [2.75, 3.05) is 18.6 Å². The highest BCUT2D eigenvalue weighted by molar-refractivity contribution is 7.98. The van der Waals surface area contributed by atoms with Crippen LogP contribution >= 0.6 is 11.8 Å². The number of hydrogen-bond donors (Lipinski definition) is 2. The number of thioether (sulfide) groups is 1. The van der Waals surface area contributed by atoms with Crippen LogP contribution in [0.5, 0.6) is 0 Å². The summed E-state index contributed by atoms with van der Waals surface area (Å²) in [6.07, 6.45) is 5.71. The molecule has 21 heavy (non-hydrogen) atoms. The minimum atomic E-state index is -3.49. The van der Waals surface area contributed by atoms with Crippen molar-refractivity contribution in [2.24, 2.45) is 0 Å². The zero-order valence-electron chi connectivity index (χ0n) is 12.8. The van der Waals surface area contributed by atoms with E-state index in [1.54, 1.807) is 18.2 Å². The first-order valence-corrected chi connectivity index (χ1v) is 10.1.